The van der Waals surface area contributed by atoms with Gasteiger partial charge in [0.1, 0.15) is 0 Å². The Morgan fingerprint density at radius 3 is 2.47 bits per heavy atom. The van der Waals surface area contributed by atoms with E-state index in [-0.39, 0.29) is 48.9 Å². The van der Waals surface area contributed by atoms with Gasteiger partial charge in [0.05, 0.1) is 25.2 Å². The minimum Gasteiger partial charge on any atom is -0.394 e. The van der Waals surface area contributed by atoms with Crippen LogP contribution in [0.3, 0.4) is 0 Å². The Hall–Kier alpha value is -3.10. The molecule has 2 aromatic carbocycles. The highest BCUT2D eigenvalue weighted by atomic mass is 16.3. The maximum atomic E-state index is 12.7. The van der Waals surface area contributed by atoms with E-state index in [0.717, 1.165) is 30.4 Å². The Kier molecular flexibility index (Phi) is 5.71. The van der Waals surface area contributed by atoms with Crippen LogP contribution in [-0.2, 0) is 16.0 Å². The molecule has 5 rings (SSSR count). The summed E-state index contributed by atoms with van der Waals surface area (Å²) in [5.74, 6) is 6.64. The highest BCUT2D eigenvalue weighted by molar-refractivity contribution is 5.89. The first kappa shape index (κ1) is 20.8. The van der Waals surface area contributed by atoms with Crippen molar-refractivity contribution in [2.75, 3.05) is 19.7 Å². The van der Waals surface area contributed by atoms with Crippen LogP contribution in [0.15, 0.2) is 54.6 Å². The Morgan fingerprint density at radius 1 is 1.06 bits per heavy atom. The van der Waals surface area contributed by atoms with Gasteiger partial charge < -0.3 is 14.9 Å². The van der Waals surface area contributed by atoms with E-state index in [4.69, 9.17) is 0 Å². The fourth-order valence-corrected chi connectivity index (χ4v) is 5.21. The molecule has 3 aliphatic rings. The van der Waals surface area contributed by atoms with Gasteiger partial charge in [-0.3, -0.25) is 9.59 Å². The molecule has 5 nitrogen and oxygen atoms in total. The Morgan fingerprint density at radius 2 is 1.81 bits per heavy atom. The van der Waals surface area contributed by atoms with E-state index in [9.17, 15) is 14.7 Å². The summed E-state index contributed by atoms with van der Waals surface area (Å²) in [5.41, 5.74) is 3.23. The van der Waals surface area contributed by atoms with Crippen LogP contribution in [0.2, 0.25) is 0 Å². The van der Waals surface area contributed by atoms with Crippen LogP contribution in [0.25, 0.3) is 0 Å². The van der Waals surface area contributed by atoms with Crippen molar-refractivity contribution >= 4 is 11.8 Å². The lowest BCUT2D eigenvalue weighted by Crippen LogP contribution is -2.73. The van der Waals surface area contributed by atoms with Crippen LogP contribution in [0.5, 0.6) is 0 Å². The number of rotatable bonds is 4. The van der Waals surface area contributed by atoms with Gasteiger partial charge >= 0.3 is 0 Å². The third-order valence-corrected chi connectivity index (χ3v) is 7.18. The number of nitrogens with zero attached hydrogens (tertiary/aromatic N) is 2. The van der Waals surface area contributed by atoms with Gasteiger partial charge in [-0.25, -0.2) is 0 Å². The van der Waals surface area contributed by atoms with Crippen LogP contribution in [0, 0.1) is 17.8 Å². The largest absolute Gasteiger partial charge is 0.394 e. The van der Waals surface area contributed by atoms with Crippen molar-refractivity contribution in [3.8, 4) is 11.8 Å². The van der Waals surface area contributed by atoms with E-state index in [1.807, 2.05) is 42.5 Å². The molecule has 0 radical (unpaired) electrons. The molecule has 3 fully saturated rings. The molecule has 164 valence electrons. The monoisotopic (exact) mass is 428 g/mol. The highest BCUT2D eigenvalue weighted by Gasteiger charge is 2.54. The molecule has 0 unspecified atom stereocenters. The molecule has 2 amide bonds. The second-order valence-electron chi connectivity index (χ2n) is 9.08. The Labute approximate surface area is 189 Å². The van der Waals surface area contributed by atoms with Gasteiger partial charge in [0.25, 0.3) is 0 Å². The molecule has 2 heterocycles. The predicted molar refractivity (Wildman–Crippen MR) is 122 cm³/mol. The summed E-state index contributed by atoms with van der Waals surface area (Å²) in [6, 6.07) is 18.0. The molecule has 2 saturated heterocycles. The van der Waals surface area contributed by atoms with Crippen molar-refractivity contribution in [1.82, 2.24) is 9.80 Å². The molecule has 1 saturated carbocycles. The molecule has 0 aromatic heterocycles. The number of aliphatic hydroxyl groups excluding tert-OH is 1. The summed E-state index contributed by atoms with van der Waals surface area (Å²) >= 11 is 0. The fraction of sp³-hybridized carbons (Fsp3) is 0.407. The lowest BCUT2D eigenvalue weighted by molar-refractivity contribution is -0.169. The van der Waals surface area contributed by atoms with Gasteiger partial charge in [0.2, 0.25) is 11.8 Å². The molecule has 0 bridgehead atoms. The van der Waals surface area contributed by atoms with Crippen molar-refractivity contribution in [2.24, 2.45) is 5.92 Å². The maximum absolute atomic E-state index is 12.7. The van der Waals surface area contributed by atoms with E-state index in [2.05, 4.69) is 24.0 Å². The molecule has 0 spiro atoms. The van der Waals surface area contributed by atoms with Gasteiger partial charge in [0, 0.05) is 30.4 Å². The number of carbonyl (C=O) groups is 2. The van der Waals surface area contributed by atoms with Gasteiger partial charge in [-0.1, -0.05) is 60.7 Å². The Bertz CT molecular complexity index is 1050. The third kappa shape index (κ3) is 3.80. The smallest absolute Gasteiger partial charge is 0.242 e. The topological polar surface area (TPSA) is 60.9 Å². The summed E-state index contributed by atoms with van der Waals surface area (Å²) in [6.45, 7) is 0.633. The summed E-state index contributed by atoms with van der Waals surface area (Å²) in [4.78, 5) is 29.0. The van der Waals surface area contributed by atoms with E-state index < -0.39 is 0 Å². The third-order valence-electron chi connectivity index (χ3n) is 7.18. The lowest BCUT2D eigenvalue weighted by Gasteiger charge is -2.59. The van der Waals surface area contributed by atoms with Gasteiger partial charge in [-0.05, 0) is 36.1 Å². The predicted octanol–water partition coefficient (Wildman–Crippen LogP) is 2.58. The number of benzene rings is 2. The average molecular weight is 429 g/mol. The van der Waals surface area contributed by atoms with Gasteiger partial charge in [0.15, 0.2) is 0 Å². The molecular formula is C27H28N2O3. The molecule has 3 atom stereocenters. The molecule has 1 aliphatic carbocycles. The average Bonchev–Trinajstić information content (AvgIpc) is 2.75. The lowest BCUT2D eigenvalue weighted by atomic mass is 9.73. The zero-order valence-corrected chi connectivity index (χ0v) is 18.1. The first-order chi connectivity index (χ1) is 15.7. The molecular weight excluding hydrogens is 400 g/mol. The van der Waals surface area contributed by atoms with E-state index >= 15 is 0 Å². The summed E-state index contributed by atoms with van der Waals surface area (Å²) in [7, 11) is 0. The zero-order valence-electron chi connectivity index (χ0n) is 18.1. The van der Waals surface area contributed by atoms with Crippen LogP contribution in [0.4, 0.5) is 0 Å². The first-order valence-corrected chi connectivity index (χ1v) is 11.5. The second-order valence-corrected chi connectivity index (χ2v) is 9.08. The van der Waals surface area contributed by atoms with Crippen LogP contribution in [-0.4, -0.2) is 58.5 Å². The minimum absolute atomic E-state index is 0.0345. The van der Waals surface area contributed by atoms with Gasteiger partial charge in [-0.15, -0.1) is 0 Å². The van der Waals surface area contributed by atoms with Gasteiger partial charge in [-0.2, -0.15) is 0 Å². The highest BCUT2D eigenvalue weighted by Crippen LogP contribution is 2.43. The molecule has 5 heteroatoms. The number of fused-ring (bicyclic) bond motifs is 1. The van der Waals surface area contributed by atoms with Crippen LogP contribution in [0.1, 0.15) is 41.9 Å². The van der Waals surface area contributed by atoms with Crippen molar-refractivity contribution in [3.63, 3.8) is 0 Å². The molecule has 1 N–H and O–H groups in total. The number of hydrogen-bond donors (Lipinski definition) is 1. The number of hydrogen-bond acceptors (Lipinski definition) is 3. The summed E-state index contributed by atoms with van der Waals surface area (Å²) < 4.78 is 0. The standard InChI is InChI=1S/C27H28N2O3/c30-18-24-26(23-16-28(17-25(31)29(23)24)27(32)22-10-5-11-22)21-14-12-20(13-15-21)9-4-8-19-6-2-1-3-7-19/h1-3,6-7,12-15,22-24,26,30H,5,8,10-11,16-18H2/t23-,24-,26+/m0/s1. The number of carbonyl (C=O) groups excluding carboxylic acids is 2. The maximum Gasteiger partial charge on any atom is 0.242 e. The quantitative estimate of drug-likeness (QED) is 0.762. The number of aliphatic hydroxyl groups is 1. The normalized spacial score (nSPS) is 24.7. The second kappa shape index (κ2) is 8.80. The fourth-order valence-electron chi connectivity index (χ4n) is 5.21. The molecule has 2 aliphatic heterocycles. The minimum atomic E-state index is -0.219. The summed E-state index contributed by atoms with van der Waals surface area (Å²) in [5, 5.41) is 9.97. The Balaban J connectivity index is 1.29. The van der Waals surface area contributed by atoms with E-state index in [1.165, 1.54) is 5.56 Å². The van der Waals surface area contributed by atoms with E-state index in [1.54, 1.807) is 9.80 Å². The number of amides is 2. The van der Waals surface area contributed by atoms with Crippen molar-refractivity contribution < 1.29 is 14.7 Å². The zero-order chi connectivity index (χ0) is 22.1. The van der Waals surface area contributed by atoms with Crippen molar-refractivity contribution in [1.29, 1.82) is 0 Å². The first-order valence-electron chi connectivity index (χ1n) is 11.5. The van der Waals surface area contributed by atoms with Crippen LogP contribution >= 0.6 is 0 Å². The molecule has 32 heavy (non-hydrogen) atoms. The van der Waals surface area contributed by atoms with E-state index in [0.29, 0.717) is 13.0 Å². The van der Waals surface area contributed by atoms with Crippen molar-refractivity contribution in [3.05, 3.63) is 71.3 Å². The van der Waals surface area contributed by atoms with Crippen molar-refractivity contribution in [2.45, 2.75) is 43.7 Å². The molecule has 2 aromatic rings. The SMILES string of the molecule is O=C(C1CCC1)N1CC(=O)N2[C@@H](CO)[C@H](c3ccc(C#CCc4ccccc4)cc3)[C@@H]2C1. The summed E-state index contributed by atoms with van der Waals surface area (Å²) in [6.07, 6.45) is 3.69. The number of piperazine rings is 1. The van der Waals surface area contributed by atoms with Crippen LogP contribution < -0.4 is 0 Å².